The number of anilines is 1. The number of carbonyl (C=O) groups excluding carboxylic acids is 3. The van der Waals surface area contributed by atoms with E-state index in [9.17, 15) is 19.6 Å². The third-order valence-corrected chi connectivity index (χ3v) is 6.37. The van der Waals surface area contributed by atoms with Gasteiger partial charge in [-0.25, -0.2) is 4.79 Å². The Morgan fingerprint density at radius 3 is 2.73 bits per heavy atom. The molecule has 26 heavy (non-hydrogen) atoms. The predicted molar refractivity (Wildman–Crippen MR) is 95.8 cm³/mol. The molecule has 2 heterocycles. The van der Waals surface area contributed by atoms with Gasteiger partial charge in [-0.1, -0.05) is 6.42 Å². The Morgan fingerprint density at radius 1 is 1.23 bits per heavy atom. The Kier molecular flexibility index (Phi) is 4.41. The summed E-state index contributed by atoms with van der Waals surface area (Å²) in [6.45, 7) is -0.234. The molecule has 0 aromatic carbocycles. The zero-order valence-electron chi connectivity index (χ0n) is 14.4. The number of hydrogen-bond donors (Lipinski definition) is 1. The molecule has 0 unspecified atom stereocenters. The fourth-order valence-electron chi connectivity index (χ4n) is 3.65. The first kappa shape index (κ1) is 17.0. The fourth-order valence-corrected chi connectivity index (χ4v) is 4.90. The van der Waals surface area contributed by atoms with Crippen molar-refractivity contribution >= 4 is 34.2 Å². The summed E-state index contributed by atoms with van der Waals surface area (Å²) in [6.07, 6.45) is 6.95. The zero-order valence-corrected chi connectivity index (χ0v) is 15.2. The first-order valence-electron chi connectivity index (χ1n) is 9.04. The Bertz CT molecular complexity index is 821. The highest BCUT2D eigenvalue weighted by atomic mass is 32.1. The van der Waals surface area contributed by atoms with Gasteiger partial charge in [0.05, 0.1) is 5.56 Å². The van der Waals surface area contributed by atoms with Gasteiger partial charge in [0.1, 0.15) is 24.2 Å². The van der Waals surface area contributed by atoms with Crippen LogP contribution in [0.2, 0.25) is 0 Å². The summed E-state index contributed by atoms with van der Waals surface area (Å²) in [5, 5.41) is 12.8. The van der Waals surface area contributed by atoms with Gasteiger partial charge < -0.3 is 10.2 Å². The number of nitrogens with one attached hydrogen (secondary N) is 1. The number of thiophene rings is 1. The molecule has 0 bridgehead atoms. The van der Waals surface area contributed by atoms with Crippen LogP contribution in [0.1, 0.15) is 48.1 Å². The second kappa shape index (κ2) is 6.72. The van der Waals surface area contributed by atoms with Crippen LogP contribution in [0, 0.1) is 11.3 Å². The Hall–Kier alpha value is -2.40. The summed E-state index contributed by atoms with van der Waals surface area (Å²) < 4.78 is 0. The van der Waals surface area contributed by atoms with Gasteiger partial charge in [0.25, 0.3) is 5.91 Å². The molecule has 8 heteroatoms. The number of carbonyl (C=O) groups is 3. The van der Waals surface area contributed by atoms with Crippen LogP contribution in [0.25, 0.3) is 0 Å². The normalized spacial score (nSPS) is 20.0. The quantitative estimate of drug-likeness (QED) is 0.648. The largest absolute Gasteiger partial charge is 0.327 e. The van der Waals surface area contributed by atoms with Crippen molar-refractivity contribution in [2.75, 3.05) is 18.4 Å². The van der Waals surface area contributed by atoms with Crippen LogP contribution in [-0.2, 0) is 22.4 Å². The maximum Gasteiger partial charge on any atom is 0.327 e. The van der Waals surface area contributed by atoms with Crippen molar-refractivity contribution in [3.63, 3.8) is 0 Å². The molecule has 0 radical (unpaired) electrons. The standard InChI is InChI=1S/C18H20N4O3S/c19-8-13-12-4-2-1-3-5-14(12)26-17(13)20-15(23)9-22-16(24)10-21(18(22)25)11-6-7-11/h11H,1-7,9-10H2,(H,20,23). The second-order valence-corrected chi connectivity index (χ2v) is 8.16. The van der Waals surface area contributed by atoms with Crippen molar-refractivity contribution in [2.45, 2.75) is 51.0 Å². The average molecular weight is 372 g/mol. The number of urea groups is 1. The minimum atomic E-state index is -0.433. The predicted octanol–water partition coefficient (Wildman–Crippen LogP) is 2.25. The van der Waals surface area contributed by atoms with E-state index in [1.165, 1.54) is 16.2 Å². The summed E-state index contributed by atoms with van der Waals surface area (Å²) in [4.78, 5) is 40.5. The number of hydrogen-bond acceptors (Lipinski definition) is 5. The number of aryl methyl sites for hydroxylation is 1. The summed E-state index contributed by atoms with van der Waals surface area (Å²) in [6, 6.07) is 1.99. The molecule has 1 aliphatic heterocycles. The van der Waals surface area contributed by atoms with Gasteiger partial charge in [-0.15, -0.1) is 11.3 Å². The molecule has 1 aromatic heterocycles. The summed E-state index contributed by atoms with van der Waals surface area (Å²) in [5.74, 6) is -0.767. The number of nitrogens with zero attached hydrogens (tertiary/aromatic N) is 3. The van der Waals surface area contributed by atoms with Crippen molar-refractivity contribution in [1.29, 1.82) is 5.26 Å². The van der Waals surface area contributed by atoms with E-state index in [-0.39, 0.29) is 31.1 Å². The molecule has 0 atom stereocenters. The number of imide groups is 1. The van der Waals surface area contributed by atoms with E-state index < -0.39 is 5.91 Å². The monoisotopic (exact) mass is 372 g/mol. The first-order chi connectivity index (χ1) is 12.6. The number of fused-ring (bicyclic) bond motifs is 1. The molecule has 1 N–H and O–H groups in total. The lowest BCUT2D eigenvalue weighted by molar-refractivity contribution is -0.129. The zero-order chi connectivity index (χ0) is 18.3. The highest BCUT2D eigenvalue weighted by Gasteiger charge is 2.44. The lowest BCUT2D eigenvalue weighted by Crippen LogP contribution is -2.39. The number of amides is 4. The number of rotatable bonds is 4. The highest BCUT2D eigenvalue weighted by molar-refractivity contribution is 7.16. The Labute approximate surface area is 155 Å². The molecule has 3 aliphatic rings. The van der Waals surface area contributed by atoms with E-state index in [0.29, 0.717) is 10.6 Å². The highest BCUT2D eigenvalue weighted by Crippen LogP contribution is 2.37. The van der Waals surface area contributed by atoms with Gasteiger partial charge in [-0.3, -0.25) is 14.5 Å². The van der Waals surface area contributed by atoms with E-state index in [1.54, 1.807) is 4.90 Å². The molecule has 2 fully saturated rings. The molecule has 4 rings (SSSR count). The van der Waals surface area contributed by atoms with Crippen molar-refractivity contribution in [1.82, 2.24) is 9.80 Å². The molecular weight excluding hydrogens is 352 g/mol. The summed E-state index contributed by atoms with van der Waals surface area (Å²) >= 11 is 1.45. The molecule has 1 saturated heterocycles. The lowest BCUT2D eigenvalue weighted by atomic mass is 10.1. The lowest BCUT2D eigenvalue weighted by Gasteiger charge is -2.16. The van der Waals surface area contributed by atoms with Gasteiger partial charge in [0.15, 0.2) is 0 Å². The van der Waals surface area contributed by atoms with Crippen LogP contribution in [0.4, 0.5) is 9.80 Å². The van der Waals surface area contributed by atoms with Crippen LogP contribution in [-0.4, -0.2) is 46.8 Å². The van der Waals surface area contributed by atoms with E-state index >= 15 is 0 Å². The molecule has 1 aromatic rings. The molecule has 4 amide bonds. The topological polar surface area (TPSA) is 93.5 Å². The minimum absolute atomic E-state index is 0.0630. The first-order valence-corrected chi connectivity index (χ1v) is 9.85. The van der Waals surface area contributed by atoms with Crippen molar-refractivity contribution in [3.8, 4) is 6.07 Å². The maximum absolute atomic E-state index is 12.4. The average Bonchev–Trinajstić information content (AvgIpc) is 3.39. The van der Waals surface area contributed by atoms with Gasteiger partial charge in [-0.05, 0) is 44.1 Å². The van der Waals surface area contributed by atoms with Crippen LogP contribution in [0.3, 0.4) is 0 Å². The Balaban J connectivity index is 1.46. The smallest absolute Gasteiger partial charge is 0.315 e. The molecule has 136 valence electrons. The van der Waals surface area contributed by atoms with Gasteiger partial charge >= 0.3 is 6.03 Å². The van der Waals surface area contributed by atoms with Crippen molar-refractivity contribution in [2.24, 2.45) is 0 Å². The minimum Gasteiger partial charge on any atom is -0.315 e. The van der Waals surface area contributed by atoms with Crippen LogP contribution >= 0.6 is 11.3 Å². The number of nitriles is 1. The molecular formula is C18H20N4O3S. The van der Waals surface area contributed by atoms with E-state index in [0.717, 1.165) is 55.4 Å². The van der Waals surface area contributed by atoms with Crippen LogP contribution in [0.5, 0.6) is 0 Å². The van der Waals surface area contributed by atoms with Crippen molar-refractivity contribution < 1.29 is 14.4 Å². The van der Waals surface area contributed by atoms with Gasteiger partial charge in [-0.2, -0.15) is 5.26 Å². The fraction of sp³-hybridized carbons (Fsp3) is 0.556. The maximum atomic E-state index is 12.4. The van der Waals surface area contributed by atoms with E-state index in [1.807, 2.05) is 0 Å². The van der Waals surface area contributed by atoms with Crippen molar-refractivity contribution in [3.05, 3.63) is 16.0 Å². The Morgan fingerprint density at radius 2 is 2.00 bits per heavy atom. The molecule has 0 spiro atoms. The summed E-state index contributed by atoms with van der Waals surface area (Å²) in [5.41, 5.74) is 1.59. The third kappa shape index (κ3) is 3.07. The molecule has 7 nitrogen and oxygen atoms in total. The molecule has 2 aliphatic carbocycles. The third-order valence-electron chi connectivity index (χ3n) is 5.16. The van der Waals surface area contributed by atoms with Gasteiger partial charge in [0.2, 0.25) is 5.91 Å². The summed E-state index contributed by atoms with van der Waals surface area (Å²) in [7, 11) is 0. The molecule has 1 saturated carbocycles. The van der Waals surface area contributed by atoms with Gasteiger partial charge in [0, 0.05) is 10.9 Å². The van der Waals surface area contributed by atoms with Crippen LogP contribution in [0.15, 0.2) is 0 Å². The van der Waals surface area contributed by atoms with Crippen LogP contribution < -0.4 is 5.32 Å². The van der Waals surface area contributed by atoms with E-state index in [2.05, 4.69) is 11.4 Å². The van der Waals surface area contributed by atoms with E-state index in [4.69, 9.17) is 0 Å². The SMILES string of the molecule is N#Cc1c(NC(=O)CN2C(=O)CN(C3CC3)C2=O)sc2c1CCCCC2. The second-order valence-electron chi connectivity index (χ2n) is 7.05.